The molecule has 1 amide bonds. The van der Waals surface area contributed by atoms with Crippen molar-refractivity contribution in [1.29, 1.82) is 0 Å². The van der Waals surface area contributed by atoms with Gasteiger partial charge in [-0.25, -0.2) is 9.37 Å². The fourth-order valence-electron chi connectivity index (χ4n) is 3.43. The van der Waals surface area contributed by atoms with Gasteiger partial charge in [-0.15, -0.1) is 4.91 Å². The number of benzene rings is 3. The molecule has 1 heterocycles. The van der Waals surface area contributed by atoms with Crippen molar-refractivity contribution < 1.29 is 19.1 Å². The van der Waals surface area contributed by atoms with Crippen molar-refractivity contribution in [2.75, 3.05) is 32.6 Å². The lowest BCUT2D eigenvalue weighted by molar-refractivity contribution is -0.111. The SMILES string of the molecule is CN(C)CCOc1cc2nc(-c3ccc(NC(=O)/C=C/c4ccc(F)cc4)cc3)n(O)c2cc1N=O. The molecule has 0 saturated heterocycles. The summed E-state index contributed by atoms with van der Waals surface area (Å²) in [7, 11) is 3.82. The van der Waals surface area contributed by atoms with Crippen molar-refractivity contribution in [3.05, 3.63) is 83.0 Å². The maximum Gasteiger partial charge on any atom is 0.248 e. The van der Waals surface area contributed by atoms with Crippen LogP contribution in [0.3, 0.4) is 0 Å². The normalized spacial score (nSPS) is 11.3. The van der Waals surface area contributed by atoms with Crippen molar-refractivity contribution >= 4 is 34.4 Å². The van der Waals surface area contributed by atoms with E-state index >= 15 is 0 Å². The molecule has 0 aliphatic heterocycles. The van der Waals surface area contributed by atoms with E-state index in [0.717, 1.165) is 4.73 Å². The Morgan fingerprint density at radius 1 is 1.17 bits per heavy atom. The molecule has 0 spiro atoms. The summed E-state index contributed by atoms with van der Waals surface area (Å²) in [4.78, 5) is 29.9. The largest absolute Gasteiger partial charge is 0.490 e. The second kappa shape index (κ2) is 10.8. The maximum absolute atomic E-state index is 13.0. The minimum Gasteiger partial charge on any atom is -0.490 e. The van der Waals surface area contributed by atoms with Gasteiger partial charge in [-0.05, 0) is 67.3 Å². The first kappa shape index (κ1) is 24.6. The van der Waals surface area contributed by atoms with Gasteiger partial charge >= 0.3 is 0 Å². The summed E-state index contributed by atoms with van der Waals surface area (Å²) in [5, 5.41) is 16.4. The van der Waals surface area contributed by atoms with E-state index < -0.39 is 0 Å². The lowest BCUT2D eigenvalue weighted by atomic mass is 10.2. The van der Waals surface area contributed by atoms with Gasteiger partial charge in [-0.2, -0.15) is 4.73 Å². The standard InChI is InChI=1S/C26H24FN5O4/c1-31(2)13-14-36-24-16-21-23(15-22(24)30-34)32(35)26(29-21)18-6-10-20(11-7-18)28-25(33)12-5-17-3-8-19(27)9-4-17/h3-12,15-16,35H,13-14H2,1-2H3,(H,28,33)/b12-5+. The zero-order valence-corrected chi connectivity index (χ0v) is 19.7. The molecule has 0 atom stereocenters. The number of rotatable bonds is 9. The molecule has 4 rings (SSSR count). The number of hydrogen-bond acceptors (Lipinski definition) is 7. The lowest BCUT2D eigenvalue weighted by Crippen LogP contribution is -2.19. The molecule has 10 heteroatoms. The van der Waals surface area contributed by atoms with Crippen molar-refractivity contribution in [2.45, 2.75) is 0 Å². The van der Waals surface area contributed by atoms with Crippen LogP contribution in [0.2, 0.25) is 0 Å². The number of nitrogens with one attached hydrogen (secondary N) is 1. The molecular weight excluding hydrogens is 465 g/mol. The maximum atomic E-state index is 13.0. The summed E-state index contributed by atoms with van der Waals surface area (Å²) in [5.41, 5.74) is 2.63. The predicted octanol–water partition coefficient (Wildman–Crippen LogP) is 5.07. The number of nitrogens with zero attached hydrogens (tertiary/aromatic N) is 4. The van der Waals surface area contributed by atoms with Crippen molar-refractivity contribution in [3.8, 4) is 17.1 Å². The number of halogens is 1. The van der Waals surface area contributed by atoms with E-state index in [-0.39, 0.29) is 29.0 Å². The third-order valence-corrected chi connectivity index (χ3v) is 5.31. The number of ether oxygens (including phenoxy) is 1. The Morgan fingerprint density at radius 3 is 2.56 bits per heavy atom. The van der Waals surface area contributed by atoms with Gasteiger partial charge in [0.05, 0.1) is 5.52 Å². The first-order valence-corrected chi connectivity index (χ1v) is 11.1. The summed E-state index contributed by atoms with van der Waals surface area (Å²) in [6.07, 6.45) is 2.93. The zero-order valence-electron chi connectivity index (χ0n) is 19.7. The molecule has 0 radical (unpaired) electrons. The fourth-order valence-corrected chi connectivity index (χ4v) is 3.43. The van der Waals surface area contributed by atoms with E-state index in [9.17, 15) is 19.3 Å². The molecule has 3 aromatic carbocycles. The number of imidazole rings is 1. The van der Waals surface area contributed by atoms with E-state index in [4.69, 9.17) is 4.74 Å². The van der Waals surface area contributed by atoms with E-state index in [1.807, 2.05) is 19.0 Å². The number of hydrogen-bond donors (Lipinski definition) is 2. The summed E-state index contributed by atoms with van der Waals surface area (Å²) in [6.45, 7) is 1.01. The first-order chi connectivity index (χ1) is 17.3. The molecule has 9 nitrogen and oxygen atoms in total. The van der Waals surface area contributed by atoms with Crippen molar-refractivity contribution in [3.63, 3.8) is 0 Å². The Hall–Kier alpha value is -4.57. The van der Waals surface area contributed by atoms with Gasteiger partial charge in [-0.3, -0.25) is 4.79 Å². The number of fused-ring (bicyclic) bond motifs is 1. The number of anilines is 1. The second-order valence-corrected chi connectivity index (χ2v) is 8.25. The van der Waals surface area contributed by atoms with Gasteiger partial charge in [0, 0.05) is 36.0 Å². The highest BCUT2D eigenvalue weighted by molar-refractivity contribution is 6.02. The third-order valence-electron chi connectivity index (χ3n) is 5.31. The summed E-state index contributed by atoms with van der Waals surface area (Å²) in [5.74, 6) is -0.156. The molecule has 1 aromatic heterocycles. The third kappa shape index (κ3) is 5.73. The zero-order chi connectivity index (χ0) is 25.7. The number of carbonyl (C=O) groups excluding carboxylic acids is 1. The highest BCUT2D eigenvalue weighted by Crippen LogP contribution is 2.34. The Balaban J connectivity index is 1.50. The summed E-state index contributed by atoms with van der Waals surface area (Å²) in [6, 6.07) is 15.5. The number of nitroso groups, excluding NO2 is 1. The number of carbonyl (C=O) groups is 1. The molecule has 0 saturated carbocycles. The van der Waals surface area contributed by atoms with Gasteiger partial charge in [0.15, 0.2) is 17.3 Å². The smallest absolute Gasteiger partial charge is 0.248 e. The Morgan fingerprint density at radius 2 is 1.89 bits per heavy atom. The quantitative estimate of drug-likeness (QED) is 0.193. The molecule has 0 unspecified atom stereocenters. The van der Waals surface area contributed by atoms with Gasteiger partial charge in [0.25, 0.3) is 0 Å². The Kier molecular flexibility index (Phi) is 7.36. The number of likely N-dealkylation sites (N-methyl/N-ethyl adjacent to an activating group) is 1. The predicted molar refractivity (Wildman–Crippen MR) is 136 cm³/mol. The van der Waals surface area contributed by atoms with Crippen LogP contribution in [0, 0.1) is 10.7 Å². The average Bonchev–Trinajstić information content (AvgIpc) is 3.18. The second-order valence-electron chi connectivity index (χ2n) is 8.25. The van der Waals surface area contributed by atoms with Gasteiger partial charge in [-0.1, -0.05) is 12.1 Å². The molecule has 0 fully saturated rings. The minimum atomic E-state index is -0.350. The van der Waals surface area contributed by atoms with Crippen LogP contribution in [0.5, 0.6) is 5.75 Å². The van der Waals surface area contributed by atoms with Gasteiger partial charge in [0.2, 0.25) is 5.91 Å². The average molecular weight is 490 g/mol. The van der Waals surface area contributed by atoms with Crippen LogP contribution in [0.15, 0.2) is 71.9 Å². The highest BCUT2D eigenvalue weighted by atomic mass is 19.1. The van der Waals surface area contributed by atoms with Crippen LogP contribution in [0.1, 0.15) is 5.56 Å². The number of aromatic nitrogens is 2. The van der Waals surface area contributed by atoms with Crippen LogP contribution in [0.4, 0.5) is 15.8 Å². The molecular formula is C26H24FN5O4. The van der Waals surface area contributed by atoms with E-state index in [1.54, 1.807) is 48.5 Å². The molecule has 36 heavy (non-hydrogen) atoms. The summed E-state index contributed by atoms with van der Waals surface area (Å²) >= 11 is 0. The van der Waals surface area contributed by atoms with Crippen LogP contribution >= 0.6 is 0 Å². The van der Waals surface area contributed by atoms with E-state index in [2.05, 4.69) is 15.5 Å². The first-order valence-electron chi connectivity index (χ1n) is 11.1. The fraction of sp³-hybridized carbons (Fsp3) is 0.154. The van der Waals surface area contributed by atoms with Crippen LogP contribution in [0.25, 0.3) is 28.5 Å². The number of amides is 1. The molecule has 0 bridgehead atoms. The molecule has 2 N–H and O–H groups in total. The van der Waals surface area contributed by atoms with Crippen LogP contribution in [-0.4, -0.2) is 53.0 Å². The lowest BCUT2D eigenvalue weighted by Gasteiger charge is -2.11. The molecule has 184 valence electrons. The van der Waals surface area contributed by atoms with Crippen molar-refractivity contribution in [2.24, 2.45) is 5.18 Å². The Bertz CT molecular complexity index is 1410. The monoisotopic (exact) mass is 489 g/mol. The van der Waals surface area contributed by atoms with Gasteiger partial charge < -0.3 is 20.2 Å². The summed E-state index contributed by atoms with van der Waals surface area (Å²) < 4.78 is 19.5. The molecule has 0 aliphatic carbocycles. The molecule has 0 aliphatic rings. The highest BCUT2D eigenvalue weighted by Gasteiger charge is 2.17. The van der Waals surface area contributed by atoms with E-state index in [0.29, 0.717) is 41.0 Å². The van der Waals surface area contributed by atoms with E-state index in [1.165, 1.54) is 24.3 Å². The molecule has 4 aromatic rings. The van der Waals surface area contributed by atoms with Crippen LogP contribution < -0.4 is 10.1 Å². The minimum absolute atomic E-state index is 0.0646. The Labute approximate surface area is 206 Å². The van der Waals surface area contributed by atoms with Crippen molar-refractivity contribution in [1.82, 2.24) is 14.6 Å². The van der Waals surface area contributed by atoms with Gasteiger partial charge in [0.1, 0.15) is 17.9 Å². The van der Waals surface area contributed by atoms with Crippen LogP contribution in [-0.2, 0) is 4.79 Å². The topological polar surface area (TPSA) is 109 Å².